The zero-order valence-electron chi connectivity index (χ0n) is 15.3. The highest BCUT2D eigenvalue weighted by Crippen LogP contribution is 2.39. The van der Waals surface area contributed by atoms with E-state index in [0.29, 0.717) is 24.3 Å². The SMILES string of the molecule is Cc1c(F)c(N2CCN[C@H](C)C2)cc2c1c(=O)c(C(=O)O)cn2C1CC1.Cl. The Bertz CT molecular complexity index is 971. The predicted octanol–water partition coefficient (Wildman–Crippen LogP) is 2.70. The summed E-state index contributed by atoms with van der Waals surface area (Å²) in [6, 6.07) is 2.15. The lowest BCUT2D eigenvalue weighted by Crippen LogP contribution is -2.49. The molecule has 0 amide bonds. The van der Waals surface area contributed by atoms with Crippen molar-refractivity contribution in [3.63, 3.8) is 0 Å². The van der Waals surface area contributed by atoms with Crippen LogP contribution in [0.1, 0.15) is 41.7 Å². The molecule has 2 fully saturated rings. The van der Waals surface area contributed by atoms with Gasteiger partial charge in [0, 0.05) is 43.5 Å². The van der Waals surface area contributed by atoms with Crippen LogP contribution in [-0.2, 0) is 0 Å². The lowest BCUT2D eigenvalue weighted by atomic mass is 10.0. The lowest BCUT2D eigenvalue weighted by Gasteiger charge is -2.34. The minimum absolute atomic E-state index is 0. The number of hydrogen-bond donors (Lipinski definition) is 2. The van der Waals surface area contributed by atoms with Gasteiger partial charge in [0.15, 0.2) is 0 Å². The van der Waals surface area contributed by atoms with Crippen LogP contribution in [-0.4, -0.2) is 41.3 Å². The summed E-state index contributed by atoms with van der Waals surface area (Å²) in [5.74, 6) is -1.71. The van der Waals surface area contributed by atoms with Crippen molar-refractivity contribution >= 4 is 35.0 Å². The minimum atomic E-state index is -1.27. The van der Waals surface area contributed by atoms with Gasteiger partial charge in [-0.25, -0.2) is 9.18 Å². The van der Waals surface area contributed by atoms with E-state index in [0.717, 1.165) is 19.4 Å². The second-order valence-electron chi connectivity index (χ2n) is 7.35. The summed E-state index contributed by atoms with van der Waals surface area (Å²) >= 11 is 0. The van der Waals surface area contributed by atoms with E-state index in [-0.39, 0.29) is 41.0 Å². The number of aryl methyl sites for hydroxylation is 1. The van der Waals surface area contributed by atoms with Gasteiger partial charge in [-0.15, -0.1) is 12.4 Å². The van der Waals surface area contributed by atoms with Gasteiger partial charge < -0.3 is 19.9 Å². The van der Waals surface area contributed by atoms with Crippen molar-refractivity contribution in [2.24, 2.45) is 0 Å². The Kier molecular flexibility index (Phi) is 5.18. The van der Waals surface area contributed by atoms with Gasteiger partial charge in [-0.1, -0.05) is 0 Å². The molecule has 1 aromatic heterocycles. The maximum Gasteiger partial charge on any atom is 0.341 e. The fraction of sp³-hybridized carbons (Fsp3) is 0.474. The molecule has 1 saturated heterocycles. The number of carboxylic acid groups (broad SMARTS) is 1. The van der Waals surface area contributed by atoms with Crippen molar-refractivity contribution in [1.29, 1.82) is 0 Å². The number of halogens is 2. The van der Waals surface area contributed by atoms with E-state index >= 15 is 4.39 Å². The number of carbonyl (C=O) groups is 1. The molecule has 2 N–H and O–H groups in total. The zero-order chi connectivity index (χ0) is 18.6. The molecule has 0 unspecified atom stereocenters. The van der Waals surface area contributed by atoms with Crippen molar-refractivity contribution in [2.45, 2.75) is 38.8 Å². The molecule has 1 aliphatic heterocycles. The molecule has 146 valence electrons. The average Bonchev–Trinajstić information content (AvgIpc) is 3.42. The molecule has 6 nitrogen and oxygen atoms in total. The third-order valence-electron chi connectivity index (χ3n) is 5.36. The second-order valence-corrected chi connectivity index (χ2v) is 7.35. The molecule has 1 saturated carbocycles. The third-order valence-corrected chi connectivity index (χ3v) is 5.36. The molecule has 4 rings (SSSR count). The van der Waals surface area contributed by atoms with E-state index in [9.17, 15) is 14.7 Å². The monoisotopic (exact) mass is 395 g/mol. The topological polar surface area (TPSA) is 74.6 Å². The van der Waals surface area contributed by atoms with Gasteiger partial charge in [0.2, 0.25) is 5.43 Å². The van der Waals surface area contributed by atoms with Gasteiger partial charge in [-0.2, -0.15) is 0 Å². The number of nitrogens with one attached hydrogen (secondary N) is 1. The maximum atomic E-state index is 15.1. The summed E-state index contributed by atoms with van der Waals surface area (Å²) in [5.41, 5.74) is 0.436. The molecule has 2 aromatic rings. The molecule has 0 bridgehead atoms. The van der Waals surface area contributed by atoms with Crippen LogP contribution in [0.4, 0.5) is 10.1 Å². The fourth-order valence-electron chi connectivity index (χ4n) is 3.84. The number of carboxylic acids is 1. The summed E-state index contributed by atoms with van der Waals surface area (Å²) in [4.78, 5) is 26.2. The summed E-state index contributed by atoms with van der Waals surface area (Å²) in [5, 5.41) is 12.9. The first-order chi connectivity index (χ1) is 12.4. The summed E-state index contributed by atoms with van der Waals surface area (Å²) < 4.78 is 17.0. The number of fused-ring (bicyclic) bond motifs is 1. The summed E-state index contributed by atoms with van der Waals surface area (Å²) in [6.07, 6.45) is 3.30. The van der Waals surface area contributed by atoms with Crippen molar-refractivity contribution in [3.05, 3.63) is 39.4 Å². The van der Waals surface area contributed by atoms with Gasteiger partial charge in [0.25, 0.3) is 0 Å². The third kappa shape index (κ3) is 3.30. The highest BCUT2D eigenvalue weighted by atomic mass is 35.5. The first-order valence-electron chi connectivity index (χ1n) is 8.98. The molecule has 2 heterocycles. The first-order valence-corrected chi connectivity index (χ1v) is 8.98. The Morgan fingerprint density at radius 3 is 2.67 bits per heavy atom. The van der Waals surface area contributed by atoms with Crippen LogP contribution in [0.5, 0.6) is 0 Å². The second kappa shape index (κ2) is 7.13. The Labute approximate surface area is 162 Å². The molecule has 0 spiro atoms. The molecule has 1 aliphatic carbocycles. The Hall–Kier alpha value is -2.12. The molecule has 0 radical (unpaired) electrons. The number of aromatic carboxylic acids is 1. The van der Waals surface area contributed by atoms with E-state index in [4.69, 9.17) is 0 Å². The molecule has 8 heteroatoms. The number of aromatic nitrogens is 1. The molecule has 27 heavy (non-hydrogen) atoms. The zero-order valence-corrected chi connectivity index (χ0v) is 16.1. The highest BCUT2D eigenvalue weighted by Gasteiger charge is 2.29. The number of piperazine rings is 1. The average molecular weight is 396 g/mol. The number of nitrogens with zero attached hydrogens (tertiary/aromatic N) is 2. The predicted molar refractivity (Wildman–Crippen MR) is 105 cm³/mol. The minimum Gasteiger partial charge on any atom is -0.477 e. The van der Waals surface area contributed by atoms with E-state index in [1.807, 2.05) is 9.47 Å². The normalized spacial score (nSPS) is 19.8. The summed E-state index contributed by atoms with van der Waals surface area (Å²) in [7, 11) is 0. The maximum absolute atomic E-state index is 15.1. The van der Waals surface area contributed by atoms with Gasteiger partial charge in [0.05, 0.1) is 16.6 Å². The van der Waals surface area contributed by atoms with Crippen molar-refractivity contribution in [3.8, 4) is 0 Å². The van der Waals surface area contributed by atoms with Crippen LogP contribution in [0, 0.1) is 12.7 Å². The quantitative estimate of drug-likeness (QED) is 0.835. The number of benzene rings is 1. The summed E-state index contributed by atoms with van der Waals surface area (Å²) in [6.45, 7) is 5.76. The Morgan fingerprint density at radius 1 is 1.37 bits per heavy atom. The van der Waals surface area contributed by atoms with Gasteiger partial charge in [0.1, 0.15) is 11.4 Å². The largest absolute Gasteiger partial charge is 0.477 e. The Balaban J connectivity index is 0.00000210. The molecule has 2 aliphatic rings. The smallest absolute Gasteiger partial charge is 0.341 e. The van der Waals surface area contributed by atoms with Crippen LogP contribution in [0.3, 0.4) is 0 Å². The molecular weight excluding hydrogens is 373 g/mol. The van der Waals surface area contributed by atoms with Gasteiger partial charge >= 0.3 is 5.97 Å². The van der Waals surface area contributed by atoms with Gasteiger partial charge in [-0.05, 0) is 32.8 Å². The fourth-order valence-corrected chi connectivity index (χ4v) is 3.84. The molecular formula is C19H23ClFN3O3. The van der Waals surface area contributed by atoms with Crippen LogP contribution in [0.15, 0.2) is 17.1 Å². The van der Waals surface area contributed by atoms with Crippen molar-refractivity contribution in [2.75, 3.05) is 24.5 Å². The lowest BCUT2D eigenvalue weighted by molar-refractivity contribution is 0.0695. The number of hydrogen-bond acceptors (Lipinski definition) is 4. The van der Waals surface area contributed by atoms with E-state index < -0.39 is 17.2 Å². The number of anilines is 1. The van der Waals surface area contributed by atoms with Crippen molar-refractivity contribution < 1.29 is 14.3 Å². The number of rotatable bonds is 3. The van der Waals surface area contributed by atoms with Crippen molar-refractivity contribution in [1.82, 2.24) is 9.88 Å². The van der Waals surface area contributed by atoms with E-state index in [1.54, 1.807) is 13.0 Å². The van der Waals surface area contributed by atoms with Crippen LogP contribution < -0.4 is 15.6 Å². The number of pyridine rings is 1. The van der Waals surface area contributed by atoms with E-state index in [2.05, 4.69) is 12.2 Å². The molecule has 1 atom stereocenters. The standard InChI is InChI=1S/C19H22FN3O3.ClH/c1-10-8-22(6-5-21-10)15-7-14-16(11(2)17(15)20)18(24)13(19(25)26)9-23(14)12-3-4-12;/h7,9-10,12,21H,3-6,8H2,1-2H3,(H,25,26);1H/t10-;/m1./s1. The molecule has 1 aromatic carbocycles. The van der Waals surface area contributed by atoms with E-state index in [1.165, 1.54) is 6.20 Å². The van der Waals surface area contributed by atoms with Crippen LogP contribution in [0.2, 0.25) is 0 Å². The van der Waals surface area contributed by atoms with Gasteiger partial charge in [-0.3, -0.25) is 4.79 Å². The highest BCUT2D eigenvalue weighted by molar-refractivity contribution is 5.95. The van der Waals surface area contributed by atoms with Crippen LogP contribution >= 0.6 is 12.4 Å². The van der Waals surface area contributed by atoms with Crippen LogP contribution in [0.25, 0.3) is 10.9 Å². The first kappa shape index (κ1) is 19.6. The Morgan fingerprint density at radius 2 is 2.07 bits per heavy atom.